The van der Waals surface area contributed by atoms with Crippen LogP contribution in [0.1, 0.15) is 12.0 Å². The molecule has 0 saturated heterocycles. The summed E-state index contributed by atoms with van der Waals surface area (Å²) in [6, 6.07) is 2.78. The van der Waals surface area contributed by atoms with E-state index in [1.165, 1.54) is 17.4 Å². The maximum atomic E-state index is 12.6. The third kappa shape index (κ3) is 1.36. The molecule has 74 valence electrons. The molecule has 0 radical (unpaired) electrons. The Morgan fingerprint density at radius 2 is 2.14 bits per heavy atom. The predicted octanol–water partition coefficient (Wildman–Crippen LogP) is 3.83. The van der Waals surface area contributed by atoms with E-state index in [1.54, 1.807) is 11.4 Å². The fourth-order valence-electron chi connectivity index (χ4n) is 1.31. The average Bonchev–Trinajstić information content (AvgIpc) is 2.59. The van der Waals surface area contributed by atoms with E-state index in [-0.39, 0.29) is 16.2 Å². The Hall–Kier alpha value is -0.810. The Kier molecular flexibility index (Phi) is 2.36. The highest BCUT2D eigenvalue weighted by Gasteiger charge is 2.16. The molecule has 0 unspecified atom stereocenters. The summed E-state index contributed by atoms with van der Waals surface area (Å²) in [7, 11) is 0. The first-order valence-corrected chi connectivity index (χ1v) is 5.14. The molecule has 0 saturated carbocycles. The molecule has 0 aliphatic heterocycles. The molecule has 0 atom stereocenters. The predicted molar refractivity (Wildman–Crippen MR) is 55.7 cm³/mol. The summed E-state index contributed by atoms with van der Waals surface area (Å²) in [5, 5.41) is 11.6. The number of thiophene rings is 1. The lowest BCUT2D eigenvalue weighted by molar-refractivity contribution is 0.153. The zero-order valence-corrected chi connectivity index (χ0v) is 8.58. The third-order valence-corrected chi connectivity index (χ3v) is 3.22. The summed E-state index contributed by atoms with van der Waals surface area (Å²) in [5.41, 5.74) is -0.0796. The highest BCUT2D eigenvalue weighted by molar-refractivity contribution is 7.80. The van der Waals surface area contributed by atoms with Crippen LogP contribution >= 0.6 is 24.0 Å². The van der Waals surface area contributed by atoms with Crippen molar-refractivity contribution in [2.75, 3.05) is 0 Å². The highest BCUT2D eigenvalue weighted by Crippen LogP contribution is 2.40. The molecule has 0 amide bonds. The molecule has 0 aliphatic carbocycles. The molecule has 1 nitrogen and oxygen atoms in total. The van der Waals surface area contributed by atoms with E-state index < -0.39 is 6.43 Å². The number of hydrogen-bond acceptors (Lipinski definition) is 3. The summed E-state index contributed by atoms with van der Waals surface area (Å²) in [4.78, 5) is 0.190. The molecule has 0 aliphatic rings. The maximum Gasteiger partial charge on any atom is 0.264 e. The summed E-state index contributed by atoms with van der Waals surface area (Å²) in [6.45, 7) is 0. The molecule has 1 N–H and O–H groups in total. The smallest absolute Gasteiger partial charge is 0.264 e. The topological polar surface area (TPSA) is 20.2 Å². The number of rotatable bonds is 1. The van der Waals surface area contributed by atoms with Crippen molar-refractivity contribution < 1.29 is 13.9 Å². The van der Waals surface area contributed by atoms with Gasteiger partial charge < -0.3 is 5.11 Å². The molecule has 5 heteroatoms. The van der Waals surface area contributed by atoms with Crippen LogP contribution in [-0.2, 0) is 0 Å². The fraction of sp³-hybridized carbons (Fsp3) is 0.111. The molecule has 14 heavy (non-hydrogen) atoms. The number of phenolic OH excluding ortho intramolecular Hbond substituents is 1. The van der Waals surface area contributed by atoms with E-state index in [1.807, 2.05) is 0 Å². The molecule has 2 aromatic rings. The third-order valence-electron chi connectivity index (χ3n) is 1.96. The maximum absolute atomic E-state index is 12.6. The van der Waals surface area contributed by atoms with Gasteiger partial charge in [-0.25, -0.2) is 8.78 Å². The molecule has 0 bridgehead atoms. The van der Waals surface area contributed by atoms with Crippen LogP contribution in [-0.4, -0.2) is 5.11 Å². The molecular formula is C9H6F2OS2. The largest absolute Gasteiger partial charge is 0.505 e. The second-order valence-electron chi connectivity index (χ2n) is 2.80. The molecule has 1 heterocycles. The van der Waals surface area contributed by atoms with Crippen molar-refractivity contribution in [1.29, 1.82) is 0 Å². The summed E-state index contributed by atoms with van der Waals surface area (Å²) < 4.78 is 25.6. The Labute approximate surface area is 88.4 Å². The van der Waals surface area contributed by atoms with Crippen LogP contribution in [0.25, 0.3) is 10.1 Å². The van der Waals surface area contributed by atoms with Crippen molar-refractivity contribution in [2.45, 2.75) is 11.3 Å². The van der Waals surface area contributed by atoms with Gasteiger partial charge in [-0.05, 0) is 17.5 Å². The lowest BCUT2D eigenvalue weighted by Crippen LogP contribution is -1.85. The molecule has 1 aromatic heterocycles. The number of phenols is 1. The molecule has 0 fully saturated rings. The lowest BCUT2D eigenvalue weighted by atomic mass is 10.1. The number of benzene rings is 1. The number of hydrogen-bond donors (Lipinski definition) is 2. The van der Waals surface area contributed by atoms with Crippen molar-refractivity contribution in [3.8, 4) is 5.75 Å². The van der Waals surface area contributed by atoms with E-state index >= 15 is 0 Å². The van der Waals surface area contributed by atoms with Crippen LogP contribution in [0.4, 0.5) is 8.78 Å². The van der Waals surface area contributed by atoms with E-state index in [2.05, 4.69) is 12.6 Å². The summed E-state index contributed by atoms with van der Waals surface area (Å²) >= 11 is 5.16. The van der Waals surface area contributed by atoms with Gasteiger partial charge >= 0.3 is 0 Å². The van der Waals surface area contributed by atoms with Crippen LogP contribution < -0.4 is 0 Å². The number of aromatic hydroxyl groups is 1. The van der Waals surface area contributed by atoms with Crippen LogP contribution in [0.3, 0.4) is 0 Å². The number of thiol groups is 1. The minimum absolute atomic E-state index is 0.0252. The monoisotopic (exact) mass is 232 g/mol. The van der Waals surface area contributed by atoms with Crippen molar-refractivity contribution in [3.05, 3.63) is 23.1 Å². The van der Waals surface area contributed by atoms with Gasteiger partial charge in [-0.1, -0.05) is 0 Å². The average molecular weight is 232 g/mol. The van der Waals surface area contributed by atoms with Gasteiger partial charge in [0.25, 0.3) is 6.43 Å². The summed E-state index contributed by atoms with van der Waals surface area (Å²) in [5.74, 6) is -0.0252. The van der Waals surface area contributed by atoms with Gasteiger partial charge in [-0.15, -0.1) is 24.0 Å². The standard InChI is InChI=1S/C9H6F2OS2/c10-9(11)5-3-6(13)7(12)8-4(5)1-2-14-8/h1-3,9,12-13H. The van der Waals surface area contributed by atoms with Gasteiger partial charge in [0, 0.05) is 15.8 Å². The van der Waals surface area contributed by atoms with Crippen LogP contribution in [0, 0.1) is 0 Å². The van der Waals surface area contributed by atoms with Gasteiger partial charge in [-0.3, -0.25) is 0 Å². The zero-order chi connectivity index (χ0) is 10.3. The van der Waals surface area contributed by atoms with Crippen molar-refractivity contribution in [2.24, 2.45) is 0 Å². The van der Waals surface area contributed by atoms with Gasteiger partial charge in [0.15, 0.2) is 0 Å². The minimum atomic E-state index is -2.54. The van der Waals surface area contributed by atoms with E-state index in [0.717, 1.165) is 0 Å². The SMILES string of the molecule is Oc1c(S)cc(C(F)F)c2ccsc12. The first-order valence-electron chi connectivity index (χ1n) is 3.81. The van der Waals surface area contributed by atoms with Crippen molar-refractivity contribution >= 4 is 34.1 Å². The minimum Gasteiger partial charge on any atom is -0.505 e. The van der Waals surface area contributed by atoms with Gasteiger partial charge in [0.2, 0.25) is 0 Å². The highest BCUT2D eigenvalue weighted by atomic mass is 32.1. The van der Waals surface area contributed by atoms with Crippen LogP contribution in [0.2, 0.25) is 0 Å². The van der Waals surface area contributed by atoms with Gasteiger partial charge in [0.1, 0.15) is 5.75 Å². The van der Waals surface area contributed by atoms with Gasteiger partial charge in [-0.2, -0.15) is 0 Å². The molecular weight excluding hydrogens is 226 g/mol. The zero-order valence-electron chi connectivity index (χ0n) is 6.87. The van der Waals surface area contributed by atoms with E-state index in [4.69, 9.17) is 0 Å². The Balaban J connectivity index is 2.84. The first-order chi connectivity index (χ1) is 6.61. The van der Waals surface area contributed by atoms with Crippen molar-refractivity contribution in [3.63, 3.8) is 0 Å². The Bertz CT molecular complexity index is 479. The second-order valence-corrected chi connectivity index (χ2v) is 4.20. The quantitative estimate of drug-likeness (QED) is 0.716. The van der Waals surface area contributed by atoms with Gasteiger partial charge in [0.05, 0.1) is 4.70 Å². The van der Waals surface area contributed by atoms with Crippen LogP contribution in [0.15, 0.2) is 22.4 Å². The van der Waals surface area contributed by atoms with E-state index in [9.17, 15) is 13.9 Å². The lowest BCUT2D eigenvalue weighted by Gasteiger charge is -2.05. The first kappa shape index (κ1) is 9.73. The Morgan fingerprint density at radius 3 is 2.79 bits per heavy atom. The second kappa shape index (κ2) is 3.40. The Morgan fingerprint density at radius 1 is 1.43 bits per heavy atom. The molecule has 1 aromatic carbocycles. The molecule has 0 spiro atoms. The fourth-order valence-corrected chi connectivity index (χ4v) is 2.51. The van der Waals surface area contributed by atoms with Crippen LogP contribution in [0.5, 0.6) is 5.75 Å². The van der Waals surface area contributed by atoms with Crippen molar-refractivity contribution in [1.82, 2.24) is 0 Å². The molecule has 2 rings (SSSR count). The number of alkyl halides is 2. The summed E-state index contributed by atoms with van der Waals surface area (Å²) in [6.07, 6.45) is -2.54. The normalized spacial score (nSPS) is 11.4. The number of halogens is 2. The number of fused-ring (bicyclic) bond motifs is 1. The van der Waals surface area contributed by atoms with E-state index in [0.29, 0.717) is 10.1 Å².